The van der Waals surface area contributed by atoms with E-state index in [0.29, 0.717) is 47.5 Å². The van der Waals surface area contributed by atoms with Crippen LogP contribution in [-0.2, 0) is 11.4 Å². The van der Waals surface area contributed by atoms with Gasteiger partial charge in [-0.1, -0.05) is 18.2 Å². The monoisotopic (exact) mass is 432 g/mol. The number of carbonyl (C=O) groups is 1. The molecule has 0 saturated carbocycles. The number of ether oxygens (including phenoxy) is 4. The molecule has 1 amide bonds. The molecule has 7 nitrogen and oxygen atoms in total. The van der Waals surface area contributed by atoms with Gasteiger partial charge in [0.25, 0.3) is 5.91 Å². The summed E-state index contributed by atoms with van der Waals surface area (Å²) in [6, 6.07) is 14.6. The maximum Gasteiger partial charge on any atom is 0.255 e. The fraction of sp³-hybridized carbons (Fsp3) is 0.200. The molecule has 0 fully saturated rings. The summed E-state index contributed by atoms with van der Waals surface area (Å²) in [4.78, 5) is 16.9. The quantitative estimate of drug-likeness (QED) is 0.565. The predicted molar refractivity (Wildman–Crippen MR) is 121 cm³/mol. The minimum atomic E-state index is -0.249. The molecule has 0 saturated heterocycles. The van der Waals surface area contributed by atoms with E-state index in [0.717, 1.165) is 11.1 Å². The molecule has 0 bridgehead atoms. The number of para-hydroxylation sites is 1. The highest BCUT2D eigenvalue weighted by molar-refractivity contribution is 6.07. The van der Waals surface area contributed by atoms with E-state index >= 15 is 0 Å². The molecule has 2 aromatic carbocycles. The van der Waals surface area contributed by atoms with Crippen LogP contribution < -0.4 is 24.3 Å². The van der Waals surface area contributed by atoms with Gasteiger partial charge in [-0.2, -0.15) is 0 Å². The number of fused-ring (bicyclic) bond motifs is 1. The van der Waals surface area contributed by atoms with Crippen LogP contribution in [0.1, 0.15) is 18.1 Å². The Hall–Kier alpha value is -4.00. The number of anilines is 1. The van der Waals surface area contributed by atoms with Crippen LogP contribution in [-0.4, -0.2) is 31.2 Å². The van der Waals surface area contributed by atoms with Gasteiger partial charge in [0.2, 0.25) is 0 Å². The lowest BCUT2D eigenvalue weighted by Gasteiger charge is -2.20. The summed E-state index contributed by atoms with van der Waals surface area (Å²) in [5.74, 6) is 2.17. The normalized spacial score (nSPS) is 12.1. The molecule has 0 spiro atoms. The van der Waals surface area contributed by atoms with Crippen LogP contribution in [0, 0.1) is 0 Å². The van der Waals surface area contributed by atoms with Gasteiger partial charge in [-0.25, -0.2) is 0 Å². The lowest BCUT2D eigenvalue weighted by molar-refractivity contribution is -0.113. The summed E-state index contributed by atoms with van der Waals surface area (Å²) in [7, 11) is 1.57. The maximum absolute atomic E-state index is 12.9. The largest absolute Gasteiger partial charge is 0.493 e. The average Bonchev–Trinajstić information content (AvgIpc) is 2.83. The second-order valence-electron chi connectivity index (χ2n) is 7.04. The van der Waals surface area contributed by atoms with Gasteiger partial charge in [0.05, 0.1) is 19.3 Å². The predicted octanol–water partition coefficient (Wildman–Crippen LogP) is 4.48. The fourth-order valence-corrected chi connectivity index (χ4v) is 3.30. The van der Waals surface area contributed by atoms with E-state index in [1.54, 1.807) is 37.7 Å². The molecule has 4 rings (SSSR count). The van der Waals surface area contributed by atoms with Gasteiger partial charge in [-0.15, -0.1) is 0 Å². The van der Waals surface area contributed by atoms with Crippen molar-refractivity contribution in [3.8, 4) is 23.0 Å². The topological polar surface area (TPSA) is 78.9 Å². The Morgan fingerprint density at radius 3 is 2.78 bits per heavy atom. The summed E-state index contributed by atoms with van der Waals surface area (Å²) in [6.07, 6.45) is 5.27. The van der Waals surface area contributed by atoms with Crippen LogP contribution in [0.5, 0.6) is 23.0 Å². The second kappa shape index (κ2) is 9.87. The van der Waals surface area contributed by atoms with Crippen LogP contribution in [0.15, 0.2) is 66.5 Å². The first-order valence-electron chi connectivity index (χ1n) is 10.3. The first-order chi connectivity index (χ1) is 15.7. The van der Waals surface area contributed by atoms with Crippen molar-refractivity contribution in [3.05, 3.63) is 77.6 Å². The van der Waals surface area contributed by atoms with E-state index in [2.05, 4.69) is 10.3 Å². The number of hydrogen-bond donors (Lipinski definition) is 1. The number of benzene rings is 2. The number of rotatable bonds is 8. The van der Waals surface area contributed by atoms with Crippen molar-refractivity contribution in [2.75, 3.05) is 25.6 Å². The molecule has 1 aromatic heterocycles. The first-order valence-corrected chi connectivity index (χ1v) is 10.3. The van der Waals surface area contributed by atoms with Crippen LogP contribution in [0.25, 0.3) is 6.08 Å². The Bertz CT molecular complexity index is 1130. The Kier molecular flexibility index (Phi) is 6.55. The number of methoxy groups -OCH3 is 1. The molecular formula is C25H24N2O5. The van der Waals surface area contributed by atoms with E-state index in [1.807, 2.05) is 43.3 Å². The smallest absolute Gasteiger partial charge is 0.255 e. The van der Waals surface area contributed by atoms with Crippen molar-refractivity contribution in [2.24, 2.45) is 0 Å². The van der Waals surface area contributed by atoms with E-state index in [-0.39, 0.29) is 12.5 Å². The highest BCUT2D eigenvalue weighted by Gasteiger charge is 2.20. The summed E-state index contributed by atoms with van der Waals surface area (Å²) in [5, 5.41) is 2.91. The summed E-state index contributed by atoms with van der Waals surface area (Å²) >= 11 is 0. The molecule has 32 heavy (non-hydrogen) atoms. The van der Waals surface area contributed by atoms with Crippen LogP contribution in [0.2, 0.25) is 0 Å². The zero-order valence-corrected chi connectivity index (χ0v) is 18.0. The lowest BCUT2D eigenvalue weighted by Crippen LogP contribution is -2.21. The van der Waals surface area contributed by atoms with E-state index < -0.39 is 0 Å². The van der Waals surface area contributed by atoms with Gasteiger partial charge >= 0.3 is 0 Å². The molecule has 7 heteroatoms. The summed E-state index contributed by atoms with van der Waals surface area (Å²) in [5.41, 5.74) is 2.84. The SMILES string of the molecule is CCOc1cccc2c1OCC(C(=O)Nc1ccc(OC)c(OCc3cccnc3)c1)=C2. The minimum absolute atomic E-state index is 0.156. The number of hydrogen-bond acceptors (Lipinski definition) is 6. The van der Waals surface area contributed by atoms with Gasteiger partial charge in [-0.05, 0) is 37.3 Å². The Morgan fingerprint density at radius 1 is 1.09 bits per heavy atom. The summed E-state index contributed by atoms with van der Waals surface area (Å²) in [6.45, 7) is 2.95. The molecule has 0 unspecified atom stereocenters. The second-order valence-corrected chi connectivity index (χ2v) is 7.04. The zero-order chi connectivity index (χ0) is 22.3. The van der Waals surface area contributed by atoms with Crippen molar-refractivity contribution < 1.29 is 23.7 Å². The molecule has 0 atom stereocenters. The number of carbonyl (C=O) groups excluding carboxylic acids is 1. The number of amides is 1. The number of nitrogens with zero attached hydrogens (tertiary/aromatic N) is 1. The van der Waals surface area contributed by atoms with Gasteiger partial charge in [0.15, 0.2) is 23.0 Å². The third kappa shape index (κ3) is 4.83. The molecule has 1 aliphatic rings. The Labute approximate surface area is 186 Å². The first kappa shape index (κ1) is 21.2. The van der Waals surface area contributed by atoms with Crippen LogP contribution in [0.3, 0.4) is 0 Å². The van der Waals surface area contributed by atoms with Crippen molar-refractivity contribution >= 4 is 17.7 Å². The average molecular weight is 432 g/mol. The lowest BCUT2D eigenvalue weighted by atomic mass is 10.1. The zero-order valence-electron chi connectivity index (χ0n) is 18.0. The molecule has 1 N–H and O–H groups in total. The Morgan fingerprint density at radius 2 is 2.00 bits per heavy atom. The van der Waals surface area contributed by atoms with Gasteiger partial charge in [0, 0.05) is 35.3 Å². The van der Waals surface area contributed by atoms with Crippen molar-refractivity contribution in [3.63, 3.8) is 0 Å². The maximum atomic E-state index is 12.9. The third-order valence-corrected chi connectivity index (χ3v) is 4.84. The molecule has 0 aliphatic carbocycles. The molecule has 0 radical (unpaired) electrons. The number of pyridine rings is 1. The van der Waals surface area contributed by atoms with Crippen molar-refractivity contribution in [2.45, 2.75) is 13.5 Å². The van der Waals surface area contributed by atoms with Crippen molar-refractivity contribution in [1.82, 2.24) is 4.98 Å². The molecule has 3 aromatic rings. The van der Waals surface area contributed by atoms with E-state index in [9.17, 15) is 4.79 Å². The molecule has 164 valence electrons. The van der Waals surface area contributed by atoms with Crippen molar-refractivity contribution in [1.29, 1.82) is 0 Å². The standard InChI is InChI=1S/C25H24N2O5/c1-3-30-22-8-4-7-18-12-19(16-32-24(18)22)25(28)27-20-9-10-21(29-2)23(13-20)31-15-17-6-5-11-26-14-17/h4-14H,3,15-16H2,1-2H3,(H,27,28). The highest BCUT2D eigenvalue weighted by Crippen LogP contribution is 2.36. The van der Waals surface area contributed by atoms with Gasteiger partial charge in [-0.3, -0.25) is 9.78 Å². The Balaban J connectivity index is 1.49. The number of aromatic nitrogens is 1. The van der Waals surface area contributed by atoms with E-state index in [1.165, 1.54) is 0 Å². The number of nitrogens with one attached hydrogen (secondary N) is 1. The van der Waals surface area contributed by atoms with Gasteiger partial charge < -0.3 is 24.3 Å². The fourth-order valence-electron chi connectivity index (χ4n) is 3.30. The minimum Gasteiger partial charge on any atom is -0.493 e. The third-order valence-electron chi connectivity index (χ3n) is 4.84. The summed E-state index contributed by atoms with van der Waals surface area (Å²) < 4.78 is 22.7. The van der Waals surface area contributed by atoms with Crippen LogP contribution in [0.4, 0.5) is 5.69 Å². The molecular weight excluding hydrogens is 408 g/mol. The van der Waals surface area contributed by atoms with Crippen LogP contribution >= 0.6 is 0 Å². The highest BCUT2D eigenvalue weighted by atomic mass is 16.5. The van der Waals surface area contributed by atoms with E-state index in [4.69, 9.17) is 18.9 Å². The molecule has 1 aliphatic heterocycles. The molecule has 2 heterocycles. The van der Waals surface area contributed by atoms with Gasteiger partial charge in [0.1, 0.15) is 13.2 Å².